The van der Waals surface area contributed by atoms with Gasteiger partial charge in [0, 0.05) is 13.1 Å². The summed E-state index contributed by atoms with van der Waals surface area (Å²) in [6.07, 6.45) is -1.39. The minimum Gasteiger partial charge on any atom is -0.444 e. The number of nitrogens with zero attached hydrogens (tertiary/aromatic N) is 1. The second kappa shape index (κ2) is 3.51. The third-order valence-electron chi connectivity index (χ3n) is 1.60. The number of hydrogen-bond acceptors (Lipinski definition) is 4. The lowest BCUT2D eigenvalue weighted by Crippen LogP contribution is -2.42. The van der Waals surface area contributed by atoms with E-state index in [1.807, 2.05) is 0 Å². The Morgan fingerprint density at radius 3 is 2.62 bits per heavy atom. The molecule has 0 aromatic heterocycles. The molecule has 5 nitrogen and oxygen atoms in total. The van der Waals surface area contributed by atoms with Crippen molar-refractivity contribution in [3.8, 4) is 0 Å². The summed E-state index contributed by atoms with van der Waals surface area (Å²) in [5, 5.41) is 12.0. The molecule has 1 saturated heterocycles. The monoisotopic (exact) mass is 188 g/mol. The fraction of sp³-hybridized carbons (Fsp3) is 0.875. The van der Waals surface area contributed by atoms with E-state index in [1.54, 1.807) is 20.8 Å². The zero-order chi connectivity index (χ0) is 10.1. The van der Waals surface area contributed by atoms with E-state index in [0.717, 1.165) is 0 Å². The van der Waals surface area contributed by atoms with Crippen LogP contribution in [0.5, 0.6) is 0 Å². The number of amides is 1. The lowest BCUT2D eigenvalue weighted by Gasteiger charge is -2.25. The Morgan fingerprint density at radius 2 is 2.23 bits per heavy atom. The lowest BCUT2D eigenvalue weighted by atomic mass is 10.2. The van der Waals surface area contributed by atoms with Crippen molar-refractivity contribution >= 4 is 6.09 Å². The third kappa shape index (κ3) is 2.86. The second-order valence-corrected chi connectivity index (χ2v) is 4.00. The van der Waals surface area contributed by atoms with Gasteiger partial charge in [-0.05, 0) is 20.8 Å². The average Bonchev–Trinajstić information content (AvgIpc) is 2.30. The molecule has 0 aromatic rings. The van der Waals surface area contributed by atoms with Crippen LogP contribution in [0.3, 0.4) is 0 Å². The molecular formula is C8H16N2O3. The lowest BCUT2D eigenvalue weighted by molar-refractivity contribution is -0.0192. The molecule has 1 atom stereocenters. The SMILES string of the molecule is CC(C)(C)OC(=O)N1CCNC1O. The quantitative estimate of drug-likeness (QED) is 0.566. The maximum atomic E-state index is 11.4. The topological polar surface area (TPSA) is 61.8 Å². The minimum atomic E-state index is -0.908. The summed E-state index contributed by atoms with van der Waals surface area (Å²) >= 11 is 0. The number of carbonyl (C=O) groups excluding carboxylic acids is 1. The molecular weight excluding hydrogens is 172 g/mol. The first-order valence-corrected chi connectivity index (χ1v) is 4.31. The molecule has 5 heteroatoms. The molecule has 0 bridgehead atoms. The van der Waals surface area contributed by atoms with E-state index in [4.69, 9.17) is 4.74 Å². The number of aliphatic hydroxyl groups is 1. The maximum absolute atomic E-state index is 11.4. The van der Waals surface area contributed by atoms with Gasteiger partial charge in [0.05, 0.1) is 0 Å². The van der Waals surface area contributed by atoms with Crippen LogP contribution in [0.2, 0.25) is 0 Å². The van der Waals surface area contributed by atoms with Crippen LogP contribution < -0.4 is 5.32 Å². The molecule has 0 aliphatic carbocycles. The first-order valence-electron chi connectivity index (χ1n) is 4.31. The molecule has 2 N–H and O–H groups in total. The van der Waals surface area contributed by atoms with Crippen LogP contribution in [0.15, 0.2) is 0 Å². The largest absolute Gasteiger partial charge is 0.444 e. The van der Waals surface area contributed by atoms with Crippen LogP contribution in [0.25, 0.3) is 0 Å². The fourth-order valence-electron chi connectivity index (χ4n) is 1.06. The molecule has 1 rings (SSSR count). The Hall–Kier alpha value is -0.810. The Balaban J connectivity index is 2.48. The maximum Gasteiger partial charge on any atom is 0.413 e. The van der Waals surface area contributed by atoms with E-state index in [1.165, 1.54) is 4.90 Å². The summed E-state index contributed by atoms with van der Waals surface area (Å²) < 4.78 is 5.08. The molecule has 1 unspecified atom stereocenters. The number of aliphatic hydroxyl groups excluding tert-OH is 1. The molecule has 1 aliphatic rings. The van der Waals surface area contributed by atoms with Gasteiger partial charge >= 0.3 is 6.09 Å². The van der Waals surface area contributed by atoms with Crippen molar-refractivity contribution in [2.24, 2.45) is 0 Å². The van der Waals surface area contributed by atoms with Crippen LogP contribution in [-0.2, 0) is 4.74 Å². The number of hydrogen-bond donors (Lipinski definition) is 2. The van der Waals surface area contributed by atoms with Gasteiger partial charge < -0.3 is 9.84 Å². The van der Waals surface area contributed by atoms with Crippen molar-refractivity contribution in [3.05, 3.63) is 0 Å². The summed E-state index contributed by atoms with van der Waals surface area (Å²) in [7, 11) is 0. The fourth-order valence-corrected chi connectivity index (χ4v) is 1.06. The smallest absolute Gasteiger partial charge is 0.413 e. The number of rotatable bonds is 0. The van der Waals surface area contributed by atoms with Crippen LogP contribution >= 0.6 is 0 Å². The molecule has 1 amide bonds. The van der Waals surface area contributed by atoms with Gasteiger partial charge in [0.25, 0.3) is 0 Å². The van der Waals surface area contributed by atoms with E-state index in [2.05, 4.69) is 5.32 Å². The van der Waals surface area contributed by atoms with Crippen LogP contribution in [-0.4, -0.2) is 41.1 Å². The van der Waals surface area contributed by atoms with Crippen molar-refractivity contribution in [1.29, 1.82) is 0 Å². The number of ether oxygens (including phenoxy) is 1. The molecule has 76 valence electrons. The summed E-state index contributed by atoms with van der Waals surface area (Å²) in [5.74, 6) is 0. The molecule has 1 heterocycles. The molecule has 0 aromatic carbocycles. The zero-order valence-corrected chi connectivity index (χ0v) is 8.20. The Bertz CT molecular complexity index is 200. The average molecular weight is 188 g/mol. The molecule has 1 fully saturated rings. The highest BCUT2D eigenvalue weighted by molar-refractivity contribution is 5.68. The molecule has 0 saturated carbocycles. The van der Waals surface area contributed by atoms with Gasteiger partial charge in [-0.3, -0.25) is 10.2 Å². The second-order valence-electron chi connectivity index (χ2n) is 4.00. The first kappa shape index (κ1) is 10.3. The molecule has 1 aliphatic heterocycles. The predicted octanol–water partition coefficient (Wildman–Crippen LogP) is 0.103. The molecule has 0 spiro atoms. The summed E-state index contributed by atoms with van der Waals surface area (Å²) in [5.41, 5.74) is -0.514. The standard InChI is InChI=1S/C8H16N2O3/c1-8(2,3)13-7(12)10-5-4-9-6(10)11/h6,9,11H,4-5H2,1-3H3. The van der Waals surface area contributed by atoms with E-state index in [0.29, 0.717) is 13.1 Å². The Kier molecular flexibility index (Phi) is 2.77. The van der Waals surface area contributed by atoms with Crippen molar-refractivity contribution in [2.45, 2.75) is 32.7 Å². The van der Waals surface area contributed by atoms with Gasteiger partial charge in [0.2, 0.25) is 0 Å². The van der Waals surface area contributed by atoms with Crippen molar-refractivity contribution < 1.29 is 14.6 Å². The highest BCUT2D eigenvalue weighted by Crippen LogP contribution is 2.11. The summed E-state index contributed by atoms with van der Waals surface area (Å²) in [4.78, 5) is 12.6. The van der Waals surface area contributed by atoms with Gasteiger partial charge in [-0.25, -0.2) is 4.79 Å². The van der Waals surface area contributed by atoms with E-state index >= 15 is 0 Å². The van der Waals surface area contributed by atoms with E-state index in [-0.39, 0.29) is 0 Å². The zero-order valence-electron chi connectivity index (χ0n) is 8.20. The predicted molar refractivity (Wildman–Crippen MR) is 46.9 cm³/mol. The van der Waals surface area contributed by atoms with Crippen LogP contribution in [0, 0.1) is 0 Å². The number of nitrogens with one attached hydrogen (secondary N) is 1. The van der Waals surface area contributed by atoms with Gasteiger partial charge in [-0.1, -0.05) is 0 Å². The van der Waals surface area contributed by atoms with Crippen molar-refractivity contribution in [1.82, 2.24) is 10.2 Å². The van der Waals surface area contributed by atoms with Crippen LogP contribution in [0.4, 0.5) is 4.79 Å². The Labute approximate surface area is 77.7 Å². The highest BCUT2D eigenvalue weighted by Gasteiger charge is 2.30. The summed E-state index contributed by atoms with van der Waals surface area (Å²) in [6, 6.07) is 0. The van der Waals surface area contributed by atoms with Crippen molar-refractivity contribution in [2.75, 3.05) is 13.1 Å². The van der Waals surface area contributed by atoms with E-state index < -0.39 is 18.0 Å². The van der Waals surface area contributed by atoms with Gasteiger partial charge in [-0.15, -0.1) is 0 Å². The Morgan fingerprint density at radius 1 is 1.62 bits per heavy atom. The summed E-state index contributed by atoms with van der Waals surface area (Å²) in [6.45, 7) is 6.46. The molecule has 0 radical (unpaired) electrons. The van der Waals surface area contributed by atoms with Gasteiger partial charge in [0.15, 0.2) is 6.35 Å². The minimum absolute atomic E-state index is 0.481. The number of carbonyl (C=O) groups is 1. The van der Waals surface area contributed by atoms with E-state index in [9.17, 15) is 9.90 Å². The van der Waals surface area contributed by atoms with Gasteiger partial charge in [0.1, 0.15) is 5.60 Å². The first-order chi connectivity index (χ1) is 5.90. The third-order valence-corrected chi connectivity index (χ3v) is 1.60. The van der Waals surface area contributed by atoms with Crippen molar-refractivity contribution in [3.63, 3.8) is 0 Å². The highest BCUT2D eigenvalue weighted by atomic mass is 16.6. The van der Waals surface area contributed by atoms with Gasteiger partial charge in [-0.2, -0.15) is 0 Å². The normalized spacial score (nSPS) is 23.4. The molecule has 13 heavy (non-hydrogen) atoms. The van der Waals surface area contributed by atoms with Crippen LogP contribution in [0.1, 0.15) is 20.8 Å².